The molecule has 1 fully saturated rings. The average Bonchev–Trinajstić information content (AvgIpc) is 2.89. The Morgan fingerprint density at radius 1 is 1.21 bits per heavy atom. The highest BCUT2D eigenvalue weighted by atomic mass is 19.1. The van der Waals surface area contributed by atoms with Crippen LogP contribution in [0.25, 0.3) is 0 Å². The van der Waals surface area contributed by atoms with E-state index in [9.17, 15) is 14.0 Å². The largest absolute Gasteiger partial charge is 0.344 e. The van der Waals surface area contributed by atoms with Gasteiger partial charge in [0.15, 0.2) is 5.41 Å². The van der Waals surface area contributed by atoms with Gasteiger partial charge in [0.05, 0.1) is 17.9 Å². The molecule has 0 radical (unpaired) electrons. The van der Waals surface area contributed by atoms with E-state index in [-0.39, 0.29) is 18.1 Å². The monoisotopic (exact) mass is 326 g/mol. The third-order valence-corrected chi connectivity index (χ3v) is 4.81. The van der Waals surface area contributed by atoms with Crippen LogP contribution in [0.15, 0.2) is 36.8 Å². The normalized spacial score (nSPS) is 23.1. The van der Waals surface area contributed by atoms with Gasteiger partial charge in [-0.15, -0.1) is 0 Å². The van der Waals surface area contributed by atoms with Crippen LogP contribution in [0.3, 0.4) is 0 Å². The highest BCUT2D eigenvalue weighted by Gasteiger charge is 2.59. The Bertz CT molecular complexity index is 856. The number of benzene rings is 1. The van der Waals surface area contributed by atoms with Gasteiger partial charge in [0.1, 0.15) is 12.1 Å². The van der Waals surface area contributed by atoms with Crippen molar-refractivity contribution in [2.75, 3.05) is 18.5 Å². The Balaban J connectivity index is 1.93. The van der Waals surface area contributed by atoms with E-state index in [2.05, 4.69) is 9.97 Å². The molecule has 1 aromatic carbocycles. The lowest BCUT2D eigenvalue weighted by Crippen LogP contribution is -2.55. The van der Waals surface area contributed by atoms with Crippen LogP contribution in [0, 0.1) is 5.82 Å². The molecule has 4 rings (SSSR count). The van der Waals surface area contributed by atoms with Gasteiger partial charge in [-0.1, -0.05) is 12.1 Å². The highest BCUT2D eigenvalue weighted by Crippen LogP contribution is 2.42. The third kappa shape index (κ3) is 1.81. The van der Waals surface area contributed by atoms with E-state index in [0.29, 0.717) is 24.2 Å². The number of amides is 2. The molecule has 122 valence electrons. The molecule has 24 heavy (non-hydrogen) atoms. The Morgan fingerprint density at radius 3 is 2.71 bits per heavy atom. The van der Waals surface area contributed by atoms with Gasteiger partial charge in [-0.05, 0) is 18.6 Å². The molecule has 2 aliphatic rings. The second kappa shape index (κ2) is 5.09. The van der Waals surface area contributed by atoms with E-state index in [1.807, 2.05) is 0 Å². The lowest BCUT2D eigenvalue weighted by molar-refractivity contribution is -0.139. The first-order valence-electron chi connectivity index (χ1n) is 7.67. The zero-order chi connectivity index (χ0) is 16.9. The molecule has 1 spiro atoms. The fourth-order valence-corrected chi connectivity index (χ4v) is 3.59. The highest BCUT2D eigenvalue weighted by molar-refractivity contribution is 6.18. The summed E-state index contributed by atoms with van der Waals surface area (Å²) in [6.07, 6.45) is 3.27. The maximum absolute atomic E-state index is 14.3. The van der Waals surface area contributed by atoms with Crippen molar-refractivity contribution in [3.63, 3.8) is 0 Å². The first-order chi connectivity index (χ1) is 11.6. The van der Waals surface area contributed by atoms with E-state index in [1.165, 1.54) is 22.2 Å². The minimum absolute atomic E-state index is 0.148. The summed E-state index contributed by atoms with van der Waals surface area (Å²) in [7, 11) is 1.66. The lowest BCUT2D eigenvalue weighted by Gasteiger charge is -2.38. The summed E-state index contributed by atoms with van der Waals surface area (Å²) in [5, 5.41) is 0. The molecule has 6 nitrogen and oxygen atoms in total. The first-order valence-corrected chi connectivity index (χ1v) is 7.67. The Hall–Kier alpha value is -2.83. The van der Waals surface area contributed by atoms with Gasteiger partial charge in [-0.25, -0.2) is 14.4 Å². The second-order valence-corrected chi connectivity index (χ2v) is 6.12. The van der Waals surface area contributed by atoms with E-state index in [1.54, 1.807) is 31.4 Å². The minimum atomic E-state index is -1.38. The van der Waals surface area contributed by atoms with Crippen molar-refractivity contribution in [1.29, 1.82) is 0 Å². The zero-order valence-corrected chi connectivity index (χ0v) is 13.1. The summed E-state index contributed by atoms with van der Waals surface area (Å²) < 4.78 is 14.3. The maximum Gasteiger partial charge on any atom is 0.249 e. The van der Waals surface area contributed by atoms with Crippen LogP contribution in [0.2, 0.25) is 0 Å². The van der Waals surface area contributed by atoms with E-state index >= 15 is 0 Å². The van der Waals surface area contributed by atoms with Gasteiger partial charge in [0, 0.05) is 25.4 Å². The van der Waals surface area contributed by atoms with E-state index < -0.39 is 17.1 Å². The van der Waals surface area contributed by atoms with Gasteiger partial charge in [-0.2, -0.15) is 0 Å². The Labute approximate surface area is 137 Å². The fraction of sp³-hybridized carbons (Fsp3) is 0.294. The molecule has 7 heteroatoms. The number of halogens is 1. The van der Waals surface area contributed by atoms with Crippen LogP contribution in [0.4, 0.5) is 10.1 Å². The molecule has 0 N–H and O–H groups in total. The number of hydrogen-bond acceptors (Lipinski definition) is 4. The molecule has 0 aliphatic carbocycles. The molecule has 2 aromatic rings. The Kier molecular flexibility index (Phi) is 3.13. The molecular formula is C17H15FN4O2. The summed E-state index contributed by atoms with van der Waals surface area (Å²) in [5.41, 5.74) is -0.0970. The summed E-state index contributed by atoms with van der Waals surface area (Å²) in [6, 6.07) is 6.07. The number of anilines is 1. The van der Waals surface area contributed by atoms with E-state index in [4.69, 9.17) is 0 Å². The van der Waals surface area contributed by atoms with Crippen molar-refractivity contribution in [2.45, 2.75) is 18.4 Å². The number of carbonyl (C=O) groups is 2. The zero-order valence-electron chi connectivity index (χ0n) is 13.1. The first kappa shape index (κ1) is 14.7. The standard InChI is InChI=1S/C17H15FN4O2/c1-21-7-6-17(15(21)23)14-11(8-19-10-20-14)9-22(16(17)24)13-5-3-2-4-12(13)18/h2-5,8,10H,6-7,9H2,1H3. The quantitative estimate of drug-likeness (QED) is 0.740. The number of likely N-dealkylation sites (tertiary alicyclic amines) is 1. The molecule has 1 unspecified atom stereocenters. The molecule has 2 aliphatic heterocycles. The molecule has 1 atom stereocenters. The van der Waals surface area contributed by atoms with Crippen molar-refractivity contribution in [1.82, 2.24) is 14.9 Å². The van der Waals surface area contributed by atoms with Crippen LogP contribution >= 0.6 is 0 Å². The SMILES string of the molecule is CN1CCC2(C1=O)C(=O)N(c1ccccc1F)Cc1cncnc12. The van der Waals surface area contributed by atoms with Crippen molar-refractivity contribution in [3.8, 4) is 0 Å². The number of para-hydroxylation sites is 1. The van der Waals surface area contributed by atoms with Gasteiger partial charge in [-0.3, -0.25) is 9.59 Å². The summed E-state index contributed by atoms with van der Waals surface area (Å²) in [4.78, 5) is 37.2. The molecule has 2 amide bonds. The second-order valence-electron chi connectivity index (χ2n) is 6.12. The van der Waals surface area contributed by atoms with Crippen LogP contribution < -0.4 is 4.90 Å². The molecule has 1 saturated heterocycles. The predicted molar refractivity (Wildman–Crippen MR) is 83.6 cm³/mol. The number of hydrogen-bond donors (Lipinski definition) is 0. The molecule has 0 saturated carbocycles. The van der Waals surface area contributed by atoms with Crippen molar-refractivity contribution in [3.05, 3.63) is 53.9 Å². The van der Waals surface area contributed by atoms with Crippen molar-refractivity contribution < 1.29 is 14.0 Å². The summed E-state index contributed by atoms with van der Waals surface area (Å²) >= 11 is 0. The van der Waals surface area contributed by atoms with Gasteiger partial charge >= 0.3 is 0 Å². The number of fused-ring (bicyclic) bond motifs is 2. The fourth-order valence-electron chi connectivity index (χ4n) is 3.59. The van der Waals surface area contributed by atoms with Crippen LogP contribution in [0.1, 0.15) is 17.7 Å². The number of nitrogens with zero attached hydrogens (tertiary/aromatic N) is 4. The summed E-state index contributed by atoms with van der Waals surface area (Å²) in [5.74, 6) is -1.22. The van der Waals surface area contributed by atoms with Gasteiger partial charge in [0.25, 0.3) is 0 Å². The minimum Gasteiger partial charge on any atom is -0.344 e. The lowest BCUT2D eigenvalue weighted by atomic mass is 9.76. The molecule has 1 aromatic heterocycles. The van der Waals surface area contributed by atoms with Crippen LogP contribution in [-0.2, 0) is 21.5 Å². The molecular weight excluding hydrogens is 311 g/mol. The smallest absolute Gasteiger partial charge is 0.249 e. The topological polar surface area (TPSA) is 66.4 Å². The summed E-state index contributed by atoms with van der Waals surface area (Å²) in [6.45, 7) is 0.605. The van der Waals surface area contributed by atoms with Crippen LogP contribution in [0.5, 0.6) is 0 Å². The van der Waals surface area contributed by atoms with Crippen molar-refractivity contribution >= 4 is 17.5 Å². The number of rotatable bonds is 1. The third-order valence-electron chi connectivity index (χ3n) is 4.81. The Morgan fingerprint density at radius 2 is 2.00 bits per heavy atom. The predicted octanol–water partition coefficient (Wildman–Crippen LogP) is 1.26. The van der Waals surface area contributed by atoms with E-state index in [0.717, 1.165) is 0 Å². The maximum atomic E-state index is 14.3. The van der Waals surface area contributed by atoms with Crippen molar-refractivity contribution in [2.24, 2.45) is 0 Å². The van der Waals surface area contributed by atoms with Gasteiger partial charge < -0.3 is 9.80 Å². The molecule has 0 bridgehead atoms. The number of likely N-dealkylation sites (N-methyl/N-ethyl adjacent to an activating group) is 1. The van der Waals surface area contributed by atoms with Gasteiger partial charge in [0.2, 0.25) is 11.8 Å². The average molecular weight is 326 g/mol. The number of carbonyl (C=O) groups excluding carboxylic acids is 2. The number of aromatic nitrogens is 2. The van der Waals surface area contributed by atoms with Crippen LogP contribution in [-0.4, -0.2) is 40.3 Å². The molecule has 3 heterocycles.